The molecule has 6 heteroatoms. The maximum absolute atomic E-state index is 11.6. The normalized spacial score (nSPS) is 14.2. The van der Waals surface area contributed by atoms with E-state index in [4.69, 9.17) is 10.6 Å². The van der Waals surface area contributed by atoms with E-state index < -0.39 is 5.41 Å². The average molecular weight is 277 g/mol. The minimum absolute atomic E-state index is 0.0342. The Hall–Kier alpha value is -2.08. The molecule has 0 saturated heterocycles. The fourth-order valence-corrected chi connectivity index (χ4v) is 1.97. The molecule has 0 atom stereocenters. The SMILES string of the molecule is CC(C)(COc1ccc2c(c1)CCC(=O)N2)C(=O)NN. The zero-order valence-electron chi connectivity index (χ0n) is 11.7. The molecule has 0 aliphatic carbocycles. The van der Waals surface area contributed by atoms with Crippen LogP contribution in [0.25, 0.3) is 0 Å². The number of fused-ring (bicyclic) bond motifs is 1. The maximum Gasteiger partial charge on any atom is 0.242 e. The molecule has 1 aliphatic heterocycles. The van der Waals surface area contributed by atoms with Crippen LogP contribution in [0.1, 0.15) is 25.8 Å². The van der Waals surface area contributed by atoms with Gasteiger partial charge in [0.25, 0.3) is 0 Å². The molecule has 1 heterocycles. The summed E-state index contributed by atoms with van der Waals surface area (Å²) < 4.78 is 5.66. The maximum atomic E-state index is 11.6. The predicted octanol–water partition coefficient (Wildman–Crippen LogP) is 0.966. The molecule has 0 spiro atoms. The van der Waals surface area contributed by atoms with Gasteiger partial charge in [-0.15, -0.1) is 0 Å². The molecule has 6 nitrogen and oxygen atoms in total. The number of rotatable bonds is 4. The standard InChI is InChI=1S/C14H19N3O3/c1-14(2,13(19)17-15)8-20-10-4-5-11-9(7-10)3-6-12(18)16-11/h4-5,7H,3,6,8,15H2,1-2H3,(H,16,18)(H,17,19). The van der Waals surface area contributed by atoms with Crippen molar-refractivity contribution in [2.24, 2.45) is 11.3 Å². The third-order valence-corrected chi connectivity index (χ3v) is 3.32. The van der Waals surface area contributed by atoms with Gasteiger partial charge in [-0.25, -0.2) is 5.84 Å². The highest BCUT2D eigenvalue weighted by molar-refractivity contribution is 5.94. The number of nitrogens with one attached hydrogen (secondary N) is 2. The highest BCUT2D eigenvalue weighted by atomic mass is 16.5. The van der Waals surface area contributed by atoms with Crippen LogP contribution in [0, 0.1) is 5.41 Å². The second-order valence-electron chi connectivity index (χ2n) is 5.51. The van der Waals surface area contributed by atoms with E-state index in [-0.39, 0.29) is 18.4 Å². The van der Waals surface area contributed by atoms with Gasteiger partial charge >= 0.3 is 0 Å². The van der Waals surface area contributed by atoms with Gasteiger partial charge < -0.3 is 10.1 Å². The van der Waals surface area contributed by atoms with Crippen LogP contribution >= 0.6 is 0 Å². The fourth-order valence-electron chi connectivity index (χ4n) is 1.97. The first-order valence-electron chi connectivity index (χ1n) is 6.49. The molecule has 1 aliphatic rings. The van der Waals surface area contributed by atoms with Crippen molar-refractivity contribution >= 4 is 17.5 Å². The van der Waals surface area contributed by atoms with Gasteiger partial charge in [0, 0.05) is 12.1 Å². The van der Waals surface area contributed by atoms with Crippen LogP contribution in [0.2, 0.25) is 0 Å². The second kappa shape index (κ2) is 5.50. The van der Waals surface area contributed by atoms with Gasteiger partial charge in [0.1, 0.15) is 12.4 Å². The number of benzene rings is 1. The second-order valence-corrected chi connectivity index (χ2v) is 5.51. The topological polar surface area (TPSA) is 93.4 Å². The number of hydrogen-bond donors (Lipinski definition) is 3. The van der Waals surface area contributed by atoms with Gasteiger partial charge in [0.05, 0.1) is 5.41 Å². The Labute approximate surface area is 117 Å². The van der Waals surface area contributed by atoms with E-state index in [0.717, 1.165) is 11.3 Å². The minimum atomic E-state index is -0.709. The van der Waals surface area contributed by atoms with E-state index in [9.17, 15) is 9.59 Å². The molecule has 108 valence electrons. The van der Waals surface area contributed by atoms with E-state index in [1.54, 1.807) is 19.9 Å². The zero-order valence-corrected chi connectivity index (χ0v) is 11.7. The van der Waals surface area contributed by atoms with Gasteiger partial charge in [0.2, 0.25) is 11.8 Å². The number of hydrogen-bond acceptors (Lipinski definition) is 4. The summed E-state index contributed by atoms with van der Waals surface area (Å²) in [5.74, 6) is 5.57. The van der Waals surface area contributed by atoms with Crippen LogP contribution in [0.15, 0.2) is 18.2 Å². The molecule has 1 aromatic rings. The summed E-state index contributed by atoms with van der Waals surface area (Å²) in [6, 6.07) is 5.49. The quantitative estimate of drug-likeness (QED) is 0.434. The van der Waals surface area contributed by atoms with Crippen molar-refractivity contribution in [3.05, 3.63) is 23.8 Å². The Bertz CT molecular complexity index is 540. The van der Waals surface area contributed by atoms with Gasteiger partial charge in [-0.05, 0) is 44.0 Å². The largest absolute Gasteiger partial charge is 0.492 e. The molecular formula is C14H19N3O3. The van der Waals surface area contributed by atoms with Crippen molar-refractivity contribution in [2.45, 2.75) is 26.7 Å². The molecular weight excluding hydrogens is 258 g/mol. The van der Waals surface area contributed by atoms with Crippen molar-refractivity contribution in [3.63, 3.8) is 0 Å². The van der Waals surface area contributed by atoms with Crippen LogP contribution in [0.4, 0.5) is 5.69 Å². The number of nitrogens with two attached hydrogens (primary N) is 1. The molecule has 2 amide bonds. The summed E-state index contributed by atoms with van der Waals surface area (Å²) in [4.78, 5) is 22.8. The Morgan fingerprint density at radius 3 is 2.90 bits per heavy atom. The molecule has 0 fully saturated rings. The van der Waals surface area contributed by atoms with Crippen molar-refractivity contribution in [1.82, 2.24) is 5.43 Å². The van der Waals surface area contributed by atoms with Crippen molar-refractivity contribution in [1.29, 1.82) is 0 Å². The van der Waals surface area contributed by atoms with Gasteiger partial charge in [-0.2, -0.15) is 0 Å². The summed E-state index contributed by atoms with van der Waals surface area (Å²) in [7, 11) is 0. The van der Waals surface area contributed by atoms with Gasteiger partial charge in [-0.1, -0.05) is 0 Å². The average Bonchev–Trinajstić information content (AvgIpc) is 2.44. The Morgan fingerprint density at radius 1 is 1.45 bits per heavy atom. The summed E-state index contributed by atoms with van der Waals surface area (Å²) in [6.45, 7) is 3.74. The number of amides is 2. The Morgan fingerprint density at radius 2 is 2.20 bits per heavy atom. The molecule has 20 heavy (non-hydrogen) atoms. The number of aryl methyl sites for hydroxylation is 1. The summed E-state index contributed by atoms with van der Waals surface area (Å²) >= 11 is 0. The monoisotopic (exact) mass is 277 g/mol. The smallest absolute Gasteiger partial charge is 0.242 e. The number of carbonyl (C=O) groups is 2. The number of carbonyl (C=O) groups excluding carboxylic acids is 2. The number of anilines is 1. The minimum Gasteiger partial charge on any atom is -0.492 e. The lowest BCUT2D eigenvalue weighted by Gasteiger charge is -2.23. The highest BCUT2D eigenvalue weighted by Gasteiger charge is 2.28. The van der Waals surface area contributed by atoms with Crippen LogP contribution < -0.4 is 21.3 Å². The van der Waals surface area contributed by atoms with Crippen LogP contribution in [0.3, 0.4) is 0 Å². The first kappa shape index (κ1) is 14.3. The summed E-state index contributed by atoms with van der Waals surface area (Å²) in [5.41, 5.74) is 3.29. The lowest BCUT2D eigenvalue weighted by atomic mass is 9.94. The van der Waals surface area contributed by atoms with Gasteiger partial charge in [0.15, 0.2) is 0 Å². The number of hydrazine groups is 1. The van der Waals surface area contributed by atoms with Crippen LogP contribution in [0.5, 0.6) is 5.75 Å². The van der Waals surface area contributed by atoms with E-state index in [2.05, 4.69) is 10.7 Å². The molecule has 1 aromatic carbocycles. The number of ether oxygens (including phenoxy) is 1. The molecule has 0 bridgehead atoms. The van der Waals surface area contributed by atoms with Crippen molar-refractivity contribution in [3.8, 4) is 5.75 Å². The van der Waals surface area contributed by atoms with Crippen LogP contribution in [-0.2, 0) is 16.0 Å². The van der Waals surface area contributed by atoms with Crippen LogP contribution in [-0.4, -0.2) is 18.4 Å². The fraction of sp³-hybridized carbons (Fsp3) is 0.429. The van der Waals surface area contributed by atoms with E-state index in [0.29, 0.717) is 18.6 Å². The first-order valence-corrected chi connectivity index (χ1v) is 6.49. The highest BCUT2D eigenvalue weighted by Crippen LogP contribution is 2.27. The first-order chi connectivity index (χ1) is 9.42. The molecule has 4 N–H and O–H groups in total. The molecule has 0 aromatic heterocycles. The third-order valence-electron chi connectivity index (χ3n) is 3.32. The summed E-state index contributed by atoms with van der Waals surface area (Å²) in [5, 5.41) is 2.81. The van der Waals surface area contributed by atoms with Crippen molar-refractivity contribution in [2.75, 3.05) is 11.9 Å². The molecule has 0 saturated carbocycles. The Kier molecular flexibility index (Phi) is 3.94. The molecule has 0 unspecified atom stereocenters. The van der Waals surface area contributed by atoms with E-state index >= 15 is 0 Å². The third kappa shape index (κ3) is 3.08. The lowest BCUT2D eigenvalue weighted by molar-refractivity contribution is -0.130. The van der Waals surface area contributed by atoms with E-state index in [1.165, 1.54) is 0 Å². The summed E-state index contributed by atoms with van der Waals surface area (Å²) in [6.07, 6.45) is 1.18. The van der Waals surface area contributed by atoms with E-state index in [1.807, 2.05) is 12.1 Å². The Balaban J connectivity index is 2.04. The molecule has 2 rings (SSSR count). The van der Waals surface area contributed by atoms with Gasteiger partial charge in [-0.3, -0.25) is 15.0 Å². The zero-order chi connectivity index (χ0) is 14.8. The predicted molar refractivity (Wildman–Crippen MR) is 75.0 cm³/mol. The lowest BCUT2D eigenvalue weighted by Crippen LogP contribution is -2.44. The molecule has 0 radical (unpaired) electrons. The van der Waals surface area contributed by atoms with Crippen molar-refractivity contribution < 1.29 is 14.3 Å².